The van der Waals surface area contributed by atoms with Crippen LogP contribution < -0.4 is 10.1 Å². The topological polar surface area (TPSA) is 75.7 Å². The van der Waals surface area contributed by atoms with Gasteiger partial charge < -0.3 is 10.1 Å². The standard InChI is InChI=1S/C21H16ClF3N2O4S/c1-2-31-16-7-6-12(8-15(16)22)9-17-19(29)27(20(30)32-17)11-18(28)26-14-5-3-4-13(10-14)21(23,24)25/h3-10H,2,11H2,1H3,(H,26,28)/b17-9-. The molecule has 1 aliphatic rings. The molecular formula is C21H16ClF3N2O4S. The molecule has 1 fully saturated rings. The zero-order valence-corrected chi connectivity index (χ0v) is 18.1. The fraction of sp³-hybridized carbons (Fsp3) is 0.190. The van der Waals surface area contributed by atoms with Gasteiger partial charge in [-0.1, -0.05) is 23.7 Å². The van der Waals surface area contributed by atoms with Gasteiger partial charge in [-0.2, -0.15) is 13.2 Å². The Morgan fingerprint density at radius 3 is 2.62 bits per heavy atom. The van der Waals surface area contributed by atoms with E-state index in [1.165, 1.54) is 12.1 Å². The molecular weight excluding hydrogens is 469 g/mol. The first-order valence-corrected chi connectivity index (χ1v) is 10.4. The van der Waals surface area contributed by atoms with E-state index in [1.807, 2.05) is 6.92 Å². The number of hydrogen-bond acceptors (Lipinski definition) is 5. The van der Waals surface area contributed by atoms with Gasteiger partial charge in [-0.15, -0.1) is 0 Å². The first-order chi connectivity index (χ1) is 15.1. The summed E-state index contributed by atoms with van der Waals surface area (Å²) in [5.41, 5.74) is -0.479. The summed E-state index contributed by atoms with van der Waals surface area (Å²) in [5, 5.41) is 1.93. The van der Waals surface area contributed by atoms with Crippen LogP contribution in [-0.4, -0.2) is 35.1 Å². The largest absolute Gasteiger partial charge is 0.492 e. The number of thioether (sulfide) groups is 1. The van der Waals surface area contributed by atoms with E-state index >= 15 is 0 Å². The van der Waals surface area contributed by atoms with Crippen LogP contribution in [0.2, 0.25) is 5.02 Å². The second-order valence-electron chi connectivity index (χ2n) is 6.52. The van der Waals surface area contributed by atoms with Crippen LogP contribution in [0.4, 0.5) is 23.7 Å². The van der Waals surface area contributed by atoms with Crippen LogP contribution in [-0.2, 0) is 15.8 Å². The molecule has 0 radical (unpaired) electrons. The van der Waals surface area contributed by atoms with Crippen molar-refractivity contribution >= 4 is 52.2 Å². The lowest BCUT2D eigenvalue weighted by atomic mass is 10.2. The van der Waals surface area contributed by atoms with Gasteiger partial charge in [0.25, 0.3) is 11.1 Å². The molecule has 0 atom stereocenters. The van der Waals surface area contributed by atoms with Crippen molar-refractivity contribution in [1.82, 2.24) is 4.90 Å². The molecule has 3 amide bonds. The number of benzene rings is 2. The SMILES string of the molecule is CCOc1ccc(/C=C2\SC(=O)N(CC(=O)Nc3cccc(C(F)(F)F)c3)C2=O)cc1Cl. The Morgan fingerprint density at radius 1 is 1.22 bits per heavy atom. The van der Waals surface area contributed by atoms with Crippen LogP contribution in [0.5, 0.6) is 5.75 Å². The number of ether oxygens (including phenoxy) is 1. The van der Waals surface area contributed by atoms with Crippen LogP contribution >= 0.6 is 23.4 Å². The van der Waals surface area contributed by atoms with E-state index in [2.05, 4.69) is 5.32 Å². The van der Waals surface area contributed by atoms with E-state index in [0.29, 0.717) is 34.7 Å². The van der Waals surface area contributed by atoms with Crippen molar-refractivity contribution in [2.45, 2.75) is 13.1 Å². The minimum atomic E-state index is -4.57. The summed E-state index contributed by atoms with van der Waals surface area (Å²) >= 11 is 6.77. The maximum absolute atomic E-state index is 12.8. The van der Waals surface area contributed by atoms with Crippen molar-refractivity contribution in [3.63, 3.8) is 0 Å². The Balaban J connectivity index is 1.69. The summed E-state index contributed by atoms with van der Waals surface area (Å²) < 4.78 is 43.8. The number of alkyl halides is 3. The normalized spacial score (nSPS) is 15.4. The average Bonchev–Trinajstić information content (AvgIpc) is 2.97. The number of nitrogens with zero attached hydrogens (tertiary/aromatic N) is 1. The summed E-state index contributed by atoms with van der Waals surface area (Å²) in [6, 6.07) is 8.90. The molecule has 2 aromatic carbocycles. The molecule has 0 saturated carbocycles. The number of carbonyl (C=O) groups is 3. The van der Waals surface area contributed by atoms with E-state index in [4.69, 9.17) is 16.3 Å². The summed E-state index contributed by atoms with van der Waals surface area (Å²) in [4.78, 5) is 37.8. The third-order valence-electron chi connectivity index (χ3n) is 4.20. The molecule has 168 valence electrons. The molecule has 1 aliphatic heterocycles. The quantitative estimate of drug-likeness (QED) is 0.553. The molecule has 2 aromatic rings. The van der Waals surface area contributed by atoms with Gasteiger partial charge in [0.05, 0.1) is 22.1 Å². The summed E-state index contributed by atoms with van der Waals surface area (Å²) in [6.07, 6.45) is -3.11. The van der Waals surface area contributed by atoms with Crippen LogP contribution in [0.25, 0.3) is 6.08 Å². The number of imide groups is 1. The molecule has 0 aliphatic carbocycles. The number of halogens is 4. The molecule has 1 N–H and O–H groups in total. The van der Waals surface area contributed by atoms with Gasteiger partial charge in [0.1, 0.15) is 12.3 Å². The van der Waals surface area contributed by atoms with Gasteiger partial charge in [-0.05, 0) is 60.7 Å². The van der Waals surface area contributed by atoms with Gasteiger partial charge >= 0.3 is 6.18 Å². The molecule has 0 unspecified atom stereocenters. The van der Waals surface area contributed by atoms with Crippen molar-refractivity contribution in [2.75, 3.05) is 18.5 Å². The Bertz CT molecular complexity index is 1100. The molecule has 1 heterocycles. The molecule has 0 bridgehead atoms. The van der Waals surface area contributed by atoms with E-state index in [1.54, 1.807) is 18.2 Å². The fourth-order valence-electron chi connectivity index (χ4n) is 2.78. The second-order valence-corrected chi connectivity index (χ2v) is 7.92. The highest BCUT2D eigenvalue weighted by atomic mass is 35.5. The minimum absolute atomic E-state index is 0.0853. The lowest BCUT2D eigenvalue weighted by Crippen LogP contribution is -2.36. The van der Waals surface area contributed by atoms with Gasteiger partial charge in [0.2, 0.25) is 5.91 Å². The first-order valence-electron chi connectivity index (χ1n) is 9.23. The molecule has 11 heteroatoms. The van der Waals surface area contributed by atoms with Gasteiger partial charge in [0, 0.05) is 5.69 Å². The molecule has 0 spiro atoms. The van der Waals surface area contributed by atoms with Crippen LogP contribution in [0.3, 0.4) is 0 Å². The van der Waals surface area contributed by atoms with E-state index in [-0.39, 0.29) is 10.6 Å². The predicted octanol–water partition coefficient (Wildman–Crippen LogP) is 5.43. The van der Waals surface area contributed by atoms with Crippen molar-refractivity contribution in [3.8, 4) is 5.75 Å². The molecule has 3 rings (SSSR count). The van der Waals surface area contributed by atoms with E-state index < -0.39 is 35.3 Å². The van der Waals surface area contributed by atoms with E-state index in [0.717, 1.165) is 23.1 Å². The first kappa shape index (κ1) is 23.7. The lowest BCUT2D eigenvalue weighted by Gasteiger charge is -2.13. The van der Waals surface area contributed by atoms with Crippen LogP contribution in [0, 0.1) is 0 Å². The summed E-state index contributed by atoms with van der Waals surface area (Å²) in [5.74, 6) is -1.02. The molecule has 32 heavy (non-hydrogen) atoms. The highest BCUT2D eigenvalue weighted by Gasteiger charge is 2.36. The number of amides is 3. The van der Waals surface area contributed by atoms with Crippen molar-refractivity contribution < 1.29 is 32.3 Å². The van der Waals surface area contributed by atoms with Crippen molar-refractivity contribution in [3.05, 3.63) is 63.5 Å². The monoisotopic (exact) mass is 484 g/mol. The third-order valence-corrected chi connectivity index (χ3v) is 5.41. The second kappa shape index (κ2) is 9.66. The average molecular weight is 485 g/mol. The van der Waals surface area contributed by atoms with Gasteiger partial charge in [0.15, 0.2) is 0 Å². The highest BCUT2D eigenvalue weighted by Crippen LogP contribution is 2.34. The molecule has 1 saturated heterocycles. The maximum atomic E-state index is 12.8. The number of anilines is 1. The van der Waals surface area contributed by atoms with Gasteiger partial charge in [-0.3, -0.25) is 19.3 Å². The molecule has 0 aromatic heterocycles. The molecule has 6 nitrogen and oxygen atoms in total. The Morgan fingerprint density at radius 2 is 1.97 bits per heavy atom. The number of carbonyl (C=O) groups excluding carboxylic acids is 3. The predicted molar refractivity (Wildman–Crippen MR) is 115 cm³/mol. The maximum Gasteiger partial charge on any atom is 0.416 e. The van der Waals surface area contributed by atoms with Crippen LogP contribution in [0.1, 0.15) is 18.1 Å². The van der Waals surface area contributed by atoms with Crippen molar-refractivity contribution in [1.29, 1.82) is 0 Å². The third kappa shape index (κ3) is 5.63. The Kier molecular flexibility index (Phi) is 7.15. The Hall–Kier alpha value is -2.98. The number of hydrogen-bond donors (Lipinski definition) is 1. The van der Waals surface area contributed by atoms with E-state index in [9.17, 15) is 27.6 Å². The Labute approximate surface area is 190 Å². The minimum Gasteiger partial charge on any atom is -0.492 e. The van der Waals surface area contributed by atoms with Crippen molar-refractivity contribution in [2.24, 2.45) is 0 Å². The summed E-state index contributed by atoms with van der Waals surface area (Å²) in [7, 11) is 0. The van der Waals surface area contributed by atoms with Gasteiger partial charge in [-0.25, -0.2) is 0 Å². The zero-order chi connectivity index (χ0) is 23.5. The van der Waals surface area contributed by atoms with Crippen LogP contribution in [0.15, 0.2) is 47.4 Å². The highest BCUT2D eigenvalue weighted by molar-refractivity contribution is 8.18. The number of rotatable bonds is 6. The number of nitrogens with one attached hydrogen (secondary N) is 1. The zero-order valence-electron chi connectivity index (χ0n) is 16.5. The smallest absolute Gasteiger partial charge is 0.416 e. The summed E-state index contributed by atoms with van der Waals surface area (Å²) in [6.45, 7) is 1.60. The fourth-order valence-corrected chi connectivity index (χ4v) is 3.87. The lowest BCUT2D eigenvalue weighted by molar-refractivity contribution is -0.137.